The van der Waals surface area contributed by atoms with Crippen molar-refractivity contribution in [3.63, 3.8) is 0 Å². The second-order valence-corrected chi connectivity index (χ2v) is 11.5. The average Bonchev–Trinajstić information content (AvgIpc) is 3.63. The fraction of sp³-hybridized carbons (Fsp3) is 0.538. The summed E-state index contributed by atoms with van der Waals surface area (Å²) < 4.78 is 73.7. The Kier molecular flexibility index (Phi) is 7.20. The van der Waals surface area contributed by atoms with E-state index in [2.05, 4.69) is 0 Å². The Morgan fingerprint density at radius 3 is 2.38 bits per heavy atom. The zero-order valence-electron chi connectivity index (χ0n) is 19.5. The smallest absolute Gasteiger partial charge is 0.300 e. The summed E-state index contributed by atoms with van der Waals surface area (Å²) in [5, 5.41) is -2.76. The van der Waals surface area contributed by atoms with Crippen molar-refractivity contribution in [3.8, 4) is 11.5 Å². The quantitative estimate of drug-likeness (QED) is 0.417. The number of benzene rings is 2. The standard InChI is InChI=1S/C26H32F2O5S/c1-26(28,34(29,30)31)25(19-10-11-19)20-4-3-5-22(14-20)33-16-17-6-8-18(9-7-17)23-15-21(32-2)12-13-24(23)27/h3-5,12-15,17-19,25H,6-11,16H2,1-2H3,(H,29,30,31)/t17-,18-,25-,26?/m0/s1. The maximum absolute atomic E-state index is 15.2. The molecule has 0 saturated heterocycles. The lowest BCUT2D eigenvalue weighted by Crippen LogP contribution is -2.38. The first-order valence-corrected chi connectivity index (χ1v) is 13.3. The van der Waals surface area contributed by atoms with E-state index in [9.17, 15) is 17.4 Å². The van der Waals surface area contributed by atoms with Crippen molar-refractivity contribution in [1.82, 2.24) is 0 Å². The molecule has 0 amide bonds. The van der Waals surface area contributed by atoms with E-state index in [0.717, 1.165) is 45.4 Å². The average molecular weight is 495 g/mol. The molecule has 34 heavy (non-hydrogen) atoms. The SMILES string of the molecule is COc1ccc(F)c([C@H]2CC[C@H](COc3cccc([C@H](C4CC4)C(C)(F)S(=O)(=O)O)c3)CC2)c1. The molecule has 2 aromatic rings. The molecule has 2 fully saturated rings. The van der Waals surface area contributed by atoms with Gasteiger partial charge in [0.2, 0.25) is 5.00 Å². The Bertz CT molecular complexity index is 1110. The Morgan fingerprint density at radius 1 is 1.06 bits per heavy atom. The predicted molar refractivity (Wildman–Crippen MR) is 126 cm³/mol. The van der Waals surface area contributed by atoms with E-state index in [1.807, 2.05) is 0 Å². The largest absolute Gasteiger partial charge is 0.497 e. The van der Waals surface area contributed by atoms with Gasteiger partial charge in [-0.05, 0) is 105 Å². The van der Waals surface area contributed by atoms with Gasteiger partial charge in [0.25, 0.3) is 0 Å². The highest BCUT2D eigenvalue weighted by Crippen LogP contribution is 2.51. The fourth-order valence-corrected chi connectivity index (χ4v) is 5.84. The maximum atomic E-state index is 15.2. The highest BCUT2D eigenvalue weighted by molar-refractivity contribution is 7.87. The van der Waals surface area contributed by atoms with Gasteiger partial charge in [-0.1, -0.05) is 12.1 Å². The van der Waals surface area contributed by atoms with Crippen molar-refractivity contribution >= 4 is 10.1 Å². The molecule has 5 nitrogen and oxygen atoms in total. The Morgan fingerprint density at radius 2 is 1.76 bits per heavy atom. The second-order valence-electron chi connectivity index (χ2n) is 9.76. The minimum atomic E-state index is -4.87. The van der Waals surface area contributed by atoms with Crippen molar-refractivity contribution in [2.24, 2.45) is 11.8 Å². The molecule has 4 rings (SSSR count). The highest BCUT2D eigenvalue weighted by Gasteiger charge is 2.53. The zero-order chi connectivity index (χ0) is 24.5. The topological polar surface area (TPSA) is 72.8 Å². The third-order valence-electron chi connectivity index (χ3n) is 7.35. The van der Waals surface area contributed by atoms with Gasteiger partial charge in [-0.2, -0.15) is 8.42 Å². The van der Waals surface area contributed by atoms with Gasteiger partial charge in [0.15, 0.2) is 0 Å². The van der Waals surface area contributed by atoms with E-state index in [4.69, 9.17) is 9.47 Å². The highest BCUT2D eigenvalue weighted by atomic mass is 32.2. The van der Waals surface area contributed by atoms with Crippen molar-refractivity contribution in [2.45, 2.75) is 62.3 Å². The molecule has 0 aromatic heterocycles. The molecule has 8 heteroatoms. The number of halogens is 2. The van der Waals surface area contributed by atoms with Gasteiger partial charge in [-0.3, -0.25) is 4.55 Å². The van der Waals surface area contributed by atoms with E-state index < -0.39 is 21.0 Å². The molecule has 186 valence electrons. The molecule has 2 saturated carbocycles. The summed E-state index contributed by atoms with van der Waals surface area (Å²) in [5.41, 5.74) is 1.21. The number of hydrogen-bond acceptors (Lipinski definition) is 4. The molecule has 2 atom stereocenters. The van der Waals surface area contributed by atoms with Gasteiger partial charge >= 0.3 is 10.1 Å². The lowest BCUT2D eigenvalue weighted by Gasteiger charge is -2.30. The molecule has 0 aliphatic heterocycles. The van der Waals surface area contributed by atoms with Crippen LogP contribution in [0.3, 0.4) is 0 Å². The van der Waals surface area contributed by atoms with Gasteiger partial charge in [0.05, 0.1) is 13.7 Å². The summed E-state index contributed by atoms with van der Waals surface area (Å²) in [5.74, 6) is 0.402. The van der Waals surface area contributed by atoms with Crippen LogP contribution < -0.4 is 9.47 Å². The maximum Gasteiger partial charge on any atom is 0.300 e. The van der Waals surface area contributed by atoms with Crippen molar-refractivity contribution < 1.29 is 31.2 Å². The first kappa shape index (κ1) is 24.9. The van der Waals surface area contributed by atoms with Crippen molar-refractivity contribution in [2.75, 3.05) is 13.7 Å². The summed E-state index contributed by atoms with van der Waals surface area (Å²) in [6, 6.07) is 11.7. The molecule has 0 bridgehead atoms. The number of ether oxygens (including phenoxy) is 2. The molecule has 0 spiro atoms. The first-order chi connectivity index (χ1) is 16.1. The zero-order valence-corrected chi connectivity index (χ0v) is 20.4. The minimum absolute atomic E-state index is 0.126. The van der Waals surface area contributed by atoms with Crippen LogP contribution in [0.2, 0.25) is 0 Å². The lowest BCUT2D eigenvalue weighted by molar-refractivity contribution is 0.196. The monoisotopic (exact) mass is 494 g/mol. The summed E-state index contributed by atoms with van der Waals surface area (Å²) in [7, 11) is -3.30. The summed E-state index contributed by atoms with van der Waals surface area (Å²) in [6.07, 6.45) is 4.96. The Hall–Kier alpha value is -2.19. The summed E-state index contributed by atoms with van der Waals surface area (Å²) in [4.78, 5) is 0. The number of alkyl halides is 1. The predicted octanol–water partition coefficient (Wildman–Crippen LogP) is 6.25. The third kappa shape index (κ3) is 5.38. The number of rotatable bonds is 9. The molecular formula is C26H32F2O5S. The van der Waals surface area contributed by atoms with Crippen LogP contribution in [0.5, 0.6) is 11.5 Å². The molecule has 0 heterocycles. The molecule has 1 N–H and O–H groups in total. The molecular weight excluding hydrogens is 462 g/mol. The van der Waals surface area contributed by atoms with Gasteiger partial charge in [0, 0.05) is 5.92 Å². The van der Waals surface area contributed by atoms with E-state index >= 15 is 4.39 Å². The summed E-state index contributed by atoms with van der Waals surface area (Å²) >= 11 is 0. The van der Waals surface area contributed by atoms with Crippen LogP contribution in [0.1, 0.15) is 68.4 Å². The van der Waals surface area contributed by atoms with Crippen molar-refractivity contribution in [1.29, 1.82) is 0 Å². The van der Waals surface area contributed by atoms with Crippen molar-refractivity contribution in [3.05, 3.63) is 59.4 Å². The normalized spacial score (nSPS) is 23.7. The van der Waals surface area contributed by atoms with Crippen LogP contribution >= 0.6 is 0 Å². The fourth-order valence-electron chi connectivity index (χ4n) is 5.19. The first-order valence-electron chi connectivity index (χ1n) is 11.8. The van der Waals surface area contributed by atoms with Gasteiger partial charge < -0.3 is 9.47 Å². The Labute approximate surface area is 200 Å². The second kappa shape index (κ2) is 9.82. The Balaban J connectivity index is 1.38. The van der Waals surface area contributed by atoms with E-state index in [-0.39, 0.29) is 17.7 Å². The number of hydrogen-bond donors (Lipinski definition) is 1. The minimum Gasteiger partial charge on any atom is -0.497 e. The molecule has 0 radical (unpaired) electrons. The number of methoxy groups -OCH3 is 1. The third-order valence-corrected chi connectivity index (χ3v) is 8.61. The van der Waals surface area contributed by atoms with Crippen LogP contribution in [-0.2, 0) is 10.1 Å². The van der Waals surface area contributed by atoms with E-state index in [1.54, 1.807) is 43.5 Å². The summed E-state index contributed by atoms with van der Waals surface area (Å²) in [6.45, 7) is 1.42. The van der Waals surface area contributed by atoms with Crippen LogP contribution in [-0.4, -0.2) is 31.7 Å². The molecule has 2 aliphatic rings. The van der Waals surface area contributed by atoms with E-state index in [0.29, 0.717) is 35.2 Å². The van der Waals surface area contributed by atoms with E-state index in [1.165, 1.54) is 6.07 Å². The van der Waals surface area contributed by atoms with Crippen LogP contribution in [0.25, 0.3) is 0 Å². The van der Waals surface area contributed by atoms with Crippen LogP contribution in [0.4, 0.5) is 8.78 Å². The molecule has 2 aliphatic carbocycles. The molecule has 1 unspecified atom stereocenters. The molecule has 2 aromatic carbocycles. The van der Waals surface area contributed by atoms with Crippen LogP contribution in [0, 0.1) is 17.7 Å². The van der Waals surface area contributed by atoms with Gasteiger partial charge in [-0.15, -0.1) is 0 Å². The van der Waals surface area contributed by atoms with Gasteiger partial charge in [0.1, 0.15) is 17.3 Å². The van der Waals surface area contributed by atoms with Crippen LogP contribution in [0.15, 0.2) is 42.5 Å². The van der Waals surface area contributed by atoms with Gasteiger partial charge in [-0.25, -0.2) is 8.78 Å². The lowest BCUT2D eigenvalue weighted by atomic mass is 9.79.